The van der Waals surface area contributed by atoms with E-state index in [2.05, 4.69) is 40.7 Å². The Kier molecular flexibility index (Phi) is 13.6. The standard InChI is InChI=1S/C36H41N11O13P2/c1-18(2)32(49)44-36-43-30-25(34(51)45-36)40-17-46(30)35-28(19(3)23(14-48)58-35)60-62(54,55-12-8-11-37)56-15-24-27(59-61(52)53)20(4)26(57-24)22-13-38-31-29(39-16-41-47(22)31)42-33(50)21-9-6-5-7-10-21/h5-7,9-10,13,16-20,23-24,26-28,35,48H,8,12,14-15H2,1-4H3,(H3-,39,41,42,43,44,45,49,50,51,52,53)/p+1. The van der Waals surface area contributed by atoms with Crippen LogP contribution in [0.15, 0.2) is 54.0 Å². The van der Waals surface area contributed by atoms with Crippen LogP contribution in [0.3, 0.4) is 0 Å². The highest BCUT2D eigenvalue weighted by atomic mass is 31.2. The van der Waals surface area contributed by atoms with Crippen LogP contribution in [0.4, 0.5) is 11.8 Å². The molecule has 2 saturated heterocycles. The molecule has 24 nitrogen and oxygen atoms in total. The second-order valence-corrected chi connectivity index (χ2v) is 17.0. The first-order valence-corrected chi connectivity index (χ1v) is 21.8. The molecule has 2 aliphatic heterocycles. The molecule has 0 saturated carbocycles. The summed E-state index contributed by atoms with van der Waals surface area (Å²) in [6, 6.07) is 10.3. The quantitative estimate of drug-likeness (QED) is 0.0661. The number of aromatic nitrogens is 8. The number of carbonyl (C=O) groups is 2. The Labute approximate surface area is 352 Å². The molecule has 5 N–H and O–H groups in total. The van der Waals surface area contributed by atoms with Gasteiger partial charge >= 0.3 is 16.1 Å². The summed E-state index contributed by atoms with van der Waals surface area (Å²) in [5, 5.41) is 29.1. The van der Waals surface area contributed by atoms with Crippen LogP contribution < -0.4 is 16.2 Å². The van der Waals surface area contributed by atoms with Crippen molar-refractivity contribution < 1.29 is 56.3 Å². The number of amides is 2. The number of hydrogen-bond acceptors (Lipinski definition) is 18. The lowest BCUT2D eigenvalue weighted by Crippen LogP contribution is -2.32. The highest BCUT2D eigenvalue weighted by Gasteiger charge is 2.52. The van der Waals surface area contributed by atoms with Gasteiger partial charge in [-0.15, -0.1) is 9.42 Å². The molecule has 0 spiro atoms. The third kappa shape index (κ3) is 9.32. The average Bonchev–Trinajstić information content (AvgIpc) is 4.02. The number of anilines is 2. The number of aliphatic hydroxyl groups is 1. The van der Waals surface area contributed by atoms with E-state index in [1.54, 1.807) is 58.0 Å². The molecule has 2 amide bonds. The summed E-state index contributed by atoms with van der Waals surface area (Å²) in [6.07, 6.45) is -3.05. The molecule has 4 aromatic heterocycles. The van der Waals surface area contributed by atoms with E-state index in [0.29, 0.717) is 11.3 Å². The number of nitriles is 1. The number of H-pyrrole nitrogens is 1. The van der Waals surface area contributed by atoms with Crippen molar-refractivity contribution in [2.75, 3.05) is 30.5 Å². The van der Waals surface area contributed by atoms with Crippen molar-refractivity contribution in [2.24, 2.45) is 17.8 Å². The third-order valence-corrected chi connectivity index (χ3v) is 12.1. The first-order chi connectivity index (χ1) is 29.7. The first kappa shape index (κ1) is 44.6. The minimum atomic E-state index is -4.76. The number of rotatable bonds is 17. The number of aliphatic hydroxyl groups excluding tert-OH is 1. The predicted octanol–water partition coefficient (Wildman–Crippen LogP) is 3.18. The summed E-state index contributed by atoms with van der Waals surface area (Å²) in [6.45, 7) is 5.11. The van der Waals surface area contributed by atoms with Crippen molar-refractivity contribution in [1.29, 1.82) is 5.26 Å². The van der Waals surface area contributed by atoms with Crippen LogP contribution in [-0.2, 0) is 41.5 Å². The van der Waals surface area contributed by atoms with Crippen LogP contribution in [0.25, 0.3) is 16.8 Å². The van der Waals surface area contributed by atoms with Gasteiger partial charge in [0.15, 0.2) is 28.9 Å². The van der Waals surface area contributed by atoms with Gasteiger partial charge in [0.2, 0.25) is 11.9 Å². The summed E-state index contributed by atoms with van der Waals surface area (Å²) >= 11 is 0. The van der Waals surface area contributed by atoms with E-state index in [-0.39, 0.29) is 35.0 Å². The lowest BCUT2D eigenvalue weighted by molar-refractivity contribution is -0.118. The fourth-order valence-corrected chi connectivity index (χ4v) is 8.98. The zero-order valence-electron chi connectivity index (χ0n) is 33.5. The van der Waals surface area contributed by atoms with Crippen molar-refractivity contribution in [3.05, 3.63) is 70.8 Å². The molecular formula is C36H42N11O13P2+. The molecule has 2 fully saturated rings. The zero-order chi connectivity index (χ0) is 44.3. The molecule has 0 aliphatic carbocycles. The van der Waals surface area contributed by atoms with Crippen LogP contribution in [0, 0.1) is 29.1 Å². The lowest BCUT2D eigenvalue weighted by atomic mass is 9.97. The normalized spacial score (nSPS) is 24.9. The molecule has 7 rings (SSSR count). The minimum Gasteiger partial charge on any atom is -0.394 e. The van der Waals surface area contributed by atoms with E-state index in [1.165, 1.54) is 27.9 Å². The van der Waals surface area contributed by atoms with Gasteiger partial charge in [-0.2, -0.15) is 15.3 Å². The molecule has 0 radical (unpaired) electrons. The van der Waals surface area contributed by atoms with E-state index in [0.717, 1.165) is 0 Å². The Morgan fingerprint density at radius 2 is 1.84 bits per heavy atom. The maximum absolute atomic E-state index is 14.6. The number of imidazole rings is 2. The SMILES string of the molecule is CC(C)C(=O)Nc1nc2c(ncn2C2OC(CO)C(C)C2OP(=O)(OCCC#N)OCC2OC(c3cnc4c(NC(=O)c5ccccc5)ncnn34)C(C)C2O[P+](=O)O)c(=O)[nH]1. The van der Waals surface area contributed by atoms with Gasteiger partial charge in [0.05, 0.1) is 56.6 Å². The molecule has 0 bridgehead atoms. The number of benzene rings is 1. The lowest BCUT2D eigenvalue weighted by Gasteiger charge is -2.27. The maximum Gasteiger partial charge on any atom is 0.695 e. The highest BCUT2D eigenvalue weighted by molar-refractivity contribution is 7.48. The number of hydrogen-bond donors (Lipinski definition) is 5. The Morgan fingerprint density at radius 1 is 1.06 bits per heavy atom. The molecule has 5 aromatic rings. The molecule has 10 atom stereocenters. The van der Waals surface area contributed by atoms with Crippen molar-refractivity contribution in [1.82, 2.24) is 39.1 Å². The average molecular weight is 899 g/mol. The van der Waals surface area contributed by atoms with E-state index < -0.39 is 108 Å². The number of nitrogens with zero attached hydrogens (tertiary/aromatic N) is 8. The number of phosphoric acid groups is 1. The molecule has 26 heteroatoms. The van der Waals surface area contributed by atoms with Gasteiger partial charge in [-0.25, -0.2) is 24.0 Å². The van der Waals surface area contributed by atoms with E-state index in [4.69, 9.17) is 27.6 Å². The summed E-state index contributed by atoms with van der Waals surface area (Å²) in [5.41, 5.74) is 0.0524. The number of aromatic amines is 1. The largest absolute Gasteiger partial charge is 0.695 e. The summed E-state index contributed by atoms with van der Waals surface area (Å²) in [5.74, 6) is -2.78. The van der Waals surface area contributed by atoms with Crippen LogP contribution in [0.2, 0.25) is 0 Å². The number of phosphoric ester groups is 1. The Hall–Kier alpha value is -5.44. The summed E-state index contributed by atoms with van der Waals surface area (Å²) in [7, 11) is -7.95. The van der Waals surface area contributed by atoms with Crippen LogP contribution >= 0.6 is 16.1 Å². The van der Waals surface area contributed by atoms with Crippen molar-refractivity contribution in [3.8, 4) is 6.07 Å². The second kappa shape index (κ2) is 18.9. The maximum atomic E-state index is 14.6. The van der Waals surface area contributed by atoms with Gasteiger partial charge in [-0.05, 0) is 12.1 Å². The van der Waals surface area contributed by atoms with E-state index in [9.17, 15) is 38.8 Å². The van der Waals surface area contributed by atoms with Crippen molar-refractivity contribution in [2.45, 2.75) is 70.9 Å². The second-order valence-electron chi connectivity index (χ2n) is 14.7. The van der Waals surface area contributed by atoms with Gasteiger partial charge in [0, 0.05) is 27.9 Å². The number of ether oxygens (including phenoxy) is 2. The Balaban J connectivity index is 1.15. The zero-order valence-corrected chi connectivity index (χ0v) is 35.3. The molecule has 2 aliphatic rings. The van der Waals surface area contributed by atoms with Crippen LogP contribution in [0.5, 0.6) is 0 Å². The molecular weight excluding hydrogens is 856 g/mol. The monoisotopic (exact) mass is 898 g/mol. The summed E-state index contributed by atoms with van der Waals surface area (Å²) in [4.78, 5) is 67.8. The Bertz CT molecular complexity index is 2600. The molecule has 328 valence electrons. The van der Waals surface area contributed by atoms with Crippen LogP contribution in [-0.4, -0.2) is 105 Å². The first-order valence-electron chi connectivity index (χ1n) is 19.2. The van der Waals surface area contributed by atoms with Gasteiger partial charge in [0.1, 0.15) is 30.7 Å². The third-order valence-electron chi connectivity index (χ3n) is 10.2. The van der Waals surface area contributed by atoms with Crippen molar-refractivity contribution >= 4 is 56.5 Å². The van der Waals surface area contributed by atoms with E-state index >= 15 is 0 Å². The van der Waals surface area contributed by atoms with Gasteiger partial charge < -0.3 is 19.9 Å². The molecule has 6 heterocycles. The molecule has 1 aromatic carbocycles. The van der Waals surface area contributed by atoms with E-state index in [1.807, 2.05) is 6.07 Å². The predicted molar refractivity (Wildman–Crippen MR) is 213 cm³/mol. The topological polar surface area (TPSA) is 319 Å². The smallest absolute Gasteiger partial charge is 0.394 e. The van der Waals surface area contributed by atoms with Crippen LogP contribution in [0.1, 0.15) is 62.5 Å². The summed E-state index contributed by atoms with van der Waals surface area (Å²) < 4.78 is 64.9. The fourth-order valence-electron chi connectivity index (χ4n) is 7.01. The number of fused-ring (bicyclic) bond motifs is 2. The fraction of sp³-hybridized carbons (Fsp3) is 0.472. The highest BCUT2D eigenvalue weighted by Crippen LogP contribution is 2.56. The minimum absolute atomic E-state index is 0.0424. The van der Waals surface area contributed by atoms with Gasteiger partial charge in [-0.1, -0.05) is 45.9 Å². The van der Waals surface area contributed by atoms with Gasteiger partial charge in [0.25, 0.3) is 11.5 Å². The van der Waals surface area contributed by atoms with Gasteiger partial charge in [-0.3, -0.25) is 42.8 Å². The number of carbonyl (C=O) groups excluding carboxylic acids is 2. The molecule has 62 heavy (non-hydrogen) atoms. The Morgan fingerprint density at radius 3 is 2.55 bits per heavy atom. The molecule has 10 unspecified atom stereocenters. The van der Waals surface area contributed by atoms with Crippen molar-refractivity contribution in [3.63, 3.8) is 0 Å². The number of nitrogens with one attached hydrogen (secondary N) is 3.